The van der Waals surface area contributed by atoms with E-state index in [0.717, 1.165) is 11.3 Å². The van der Waals surface area contributed by atoms with Gasteiger partial charge in [-0.25, -0.2) is 4.68 Å². The van der Waals surface area contributed by atoms with Crippen molar-refractivity contribution >= 4 is 11.6 Å². The Morgan fingerprint density at radius 3 is 2.70 bits per heavy atom. The molecule has 2 aromatic carbocycles. The van der Waals surface area contributed by atoms with Crippen LogP contribution in [0.3, 0.4) is 0 Å². The lowest BCUT2D eigenvalue weighted by molar-refractivity contribution is -0.115. The molecule has 1 heterocycles. The number of aryl methyl sites for hydroxylation is 1. The zero-order valence-corrected chi connectivity index (χ0v) is 12.5. The normalized spacial score (nSPS) is 10.5. The number of hydrogen-bond acceptors (Lipinski definition) is 5. The molecule has 0 fully saturated rings. The number of carbonyl (C=O) groups excluding carboxylic acids is 1. The topological polar surface area (TPSA) is 92.9 Å². The third kappa shape index (κ3) is 3.34. The SMILES string of the molecule is Cc1cccc(NC(=O)Cc2ccc(-n3cnnn3)cc2)c1O. The van der Waals surface area contributed by atoms with Gasteiger partial charge in [-0.15, -0.1) is 5.10 Å². The summed E-state index contributed by atoms with van der Waals surface area (Å²) in [6.45, 7) is 1.78. The standard InChI is InChI=1S/C16H15N5O2/c1-11-3-2-4-14(16(11)23)18-15(22)9-12-5-7-13(8-6-12)21-10-17-19-20-21/h2-8,10,23H,9H2,1H3,(H,18,22). The summed E-state index contributed by atoms with van der Waals surface area (Å²) in [5.41, 5.74) is 2.80. The van der Waals surface area contributed by atoms with Crippen LogP contribution in [0.5, 0.6) is 5.75 Å². The van der Waals surface area contributed by atoms with E-state index in [-0.39, 0.29) is 18.1 Å². The quantitative estimate of drug-likeness (QED) is 0.718. The van der Waals surface area contributed by atoms with Crippen molar-refractivity contribution in [3.8, 4) is 11.4 Å². The Bertz CT molecular complexity index is 813. The monoisotopic (exact) mass is 309 g/mol. The van der Waals surface area contributed by atoms with Crippen LogP contribution in [-0.2, 0) is 11.2 Å². The van der Waals surface area contributed by atoms with Crippen LogP contribution < -0.4 is 5.32 Å². The lowest BCUT2D eigenvalue weighted by Gasteiger charge is -2.09. The van der Waals surface area contributed by atoms with E-state index < -0.39 is 0 Å². The Morgan fingerprint density at radius 1 is 1.22 bits per heavy atom. The van der Waals surface area contributed by atoms with Crippen molar-refractivity contribution in [3.63, 3.8) is 0 Å². The van der Waals surface area contributed by atoms with Crippen LogP contribution in [0.1, 0.15) is 11.1 Å². The van der Waals surface area contributed by atoms with Crippen LogP contribution >= 0.6 is 0 Å². The average Bonchev–Trinajstić information content (AvgIpc) is 3.07. The van der Waals surface area contributed by atoms with Gasteiger partial charge >= 0.3 is 0 Å². The summed E-state index contributed by atoms with van der Waals surface area (Å²) >= 11 is 0. The van der Waals surface area contributed by atoms with E-state index in [1.807, 2.05) is 24.3 Å². The van der Waals surface area contributed by atoms with E-state index in [0.29, 0.717) is 11.3 Å². The number of para-hydroxylation sites is 1. The van der Waals surface area contributed by atoms with Gasteiger partial charge in [-0.05, 0) is 46.7 Å². The molecular weight excluding hydrogens is 294 g/mol. The van der Waals surface area contributed by atoms with Crippen molar-refractivity contribution in [1.82, 2.24) is 20.2 Å². The Hall–Kier alpha value is -3.22. The first kappa shape index (κ1) is 14.7. The van der Waals surface area contributed by atoms with Crippen molar-refractivity contribution < 1.29 is 9.90 Å². The molecule has 0 spiro atoms. The van der Waals surface area contributed by atoms with E-state index in [2.05, 4.69) is 20.8 Å². The van der Waals surface area contributed by atoms with Crippen LogP contribution in [0.25, 0.3) is 5.69 Å². The molecule has 0 bridgehead atoms. The second kappa shape index (κ2) is 6.27. The molecule has 1 aromatic heterocycles. The first-order chi connectivity index (χ1) is 11.1. The maximum Gasteiger partial charge on any atom is 0.228 e. The van der Waals surface area contributed by atoms with Crippen molar-refractivity contribution in [2.24, 2.45) is 0 Å². The molecule has 3 rings (SSSR count). The van der Waals surface area contributed by atoms with Crippen LogP contribution in [-0.4, -0.2) is 31.2 Å². The highest BCUT2D eigenvalue weighted by atomic mass is 16.3. The lowest BCUT2D eigenvalue weighted by Crippen LogP contribution is -2.14. The van der Waals surface area contributed by atoms with Gasteiger partial charge in [-0.1, -0.05) is 24.3 Å². The highest BCUT2D eigenvalue weighted by Gasteiger charge is 2.09. The molecule has 7 nitrogen and oxygen atoms in total. The summed E-state index contributed by atoms with van der Waals surface area (Å²) in [6, 6.07) is 12.6. The lowest BCUT2D eigenvalue weighted by atomic mass is 10.1. The molecule has 23 heavy (non-hydrogen) atoms. The molecule has 2 N–H and O–H groups in total. The van der Waals surface area contributed by atoms with Crippen LogP contribution in [0.15, 0.2) is 48.8 Å². The van der Waals surface area contributed by atoms with Gasteiger partial charge in [0.1, 0.15) is 12.1 Å². The Balaban J connectivity index is 1.67. The predicted molar refractivity (Wildman–Crippen MR) is 84.3 cm³/mol. The number of phenols is 1. The van der Waals surface area contributed by atoms with Gasteiger partial charge < -0.3 is 10.4 Å². The Labute approximate surface area is 132 Å². The maximum absolute atomic E-state index is 12.1. The minimum absolute atomic E-state index is 0.0925. The predicted octanol–water partition coefficient (Wildman–Crippen LogP) is 1.86. The highest BCUT2D eigenvalue weighted by molar-refractivity contribution is 5.93. The molecule has 0 saturated carbocycles. The van der Waals surface area contributed by atoms with E-state index >= 15 is 0 Å². The van der Waals surface area contributed by atoms with Crippen LogP contribution in [0.2, 0.25) is 0 Å². The largest absolute Gasteiger partial charge is 0.505 e. The van der Waals surface area contributed by atoms with E-state index in [1.165, 1.54) is 11.0 Å². The number of anilines is 1. The minimum atomic E-state index is -0.193. The van der Waals surface area contributed by atoms with Gasteiger partial charge in [-0.2, -0.15) is 0 Å². The number of hydrogen-bond donors (Lipinski definition) is 2. The number of benzene rings is 2. The molecule has 0 aliphatic heterocycles. The smallest absolute Gasteiger partial charge is 0.228 e. The number of carbonyl (C=O) groups is 1. The summed E-state index contributed by atoms with van der Waals surface area (Å²) in [5.74, 6) is -0.101. The highest BCUT2D eigenvalue weighted by Crippen LogP contribution is 2.26. The van der Waals surface area contributed by atoms with E-state index in [4.69, 9.17) is 0 Å². The van der Waals surface area contributed by atoms with Gasteiger partial charge in [0.15, 0.2) is 0 Å². The first-order valence-electron chi connectivity index (χ1n) is 7.04. The molecule has 0 radical (unpaired) electrons. The number of aromatic nitrogens is 4. The van der Waals surface area contributed by atoms with E-state index in [9.17, 15) is 9.90 Å². The van der Waals surface area contributed by atoms with Gasteiger partial charge in [0, 0.05) is 0 Å². The number of tetrazole rings is 1. The zero-order chi connectivity index (χ0) is 16.2. The zero-order valence-electron chi connectivity index (χ0n) is 12.5. The number of amides is 1. The van der Waals surface area contributed by atoms with Crippen molar-refractivity contribution in [2.75, 3.05) is 5.32 Å². The molecule has 0 aliphatic rings. The molecular formula is C16H15N5O2. The fourth-order valence-electron chi connectivity index (χ4n) is 2.19. The number of nitrogens with one attached hydrogen (secondary N) is 1. The van der Waals surface area contributed by atoms with Gasteiger partial charge in [0.25, 0.3) is 0 Å². The number of phenolic OH excluding ortho intramolecular Hbond substituents is 1. The summed E-state index contributed by atoms with van der Waals surface area (Å²) in [4.78, 5) is 12.1. The molecule has 116 valence electrons. The van der Waals surface area contributed by atoms with Crippen molar-refractivity contribution in [3.05, 3.63) is 59.9 Å². The number of aromatic hydroxyl groups is 1. The van der Waals surface area contributed by atoms with Crippen LogP contribution in [0, 0.1) is 6.92 Å². The summed E-state index contributed by atoms with van der Waals surface area (Å²) in [6.07, 6.45) is 1.71. The average molecular weight is 309 g/mol. The Kier molecular flexibility index (Phi) is 4.01. The third-order valence-corrected chi connectivity index (χ3v) is 3.43. The number of rotatable bonds is 4. The summed E-state index contributed by atoms with van der Waals surface area (Å²) in [7, 11) is 0. The number of nitrogens with zero attached hydrogens (tertiary/aromatic N) is 4. The molecule has 3 aromatic rings. The second-order valence-corrected chi connectivity index (χ2v) is 5.12. The first-order valence-corrected chi connectivity index (χ1v) is 7.04. The third-order valence-electron chi connectivity index (χ3n) is 3.43. The fourth-order valence-corrected chi connectivity index (χ4v) is 2.19. The van der Waals surface area contributed by atoms with Gasteiger partial charge in [0.2, 0.25) is 5.91 Å². The maximum atomic E-state index is 12.1. The minimum Gasteiger partial charge on any atom is -0.505 e. The fraction of sp³-hybridized carbons (Fsp3) is 0.125. The molecule has 0 atom stereocenters. The van der Waals surface area contributed by atoms with Gasteiger partial charge in [0.05, 0.1) is 17.8 Å². The summed E-state index contributed by atoms with van der Waals surface area (Å²) in [5, 5.41) is 23.6. The van der Waals surface area contributed by atoms with Crippen LogP contribution in [0.4, 0.5) is 5.69 Å². The van der Waals surface area contributed by atoms with Crippen molar-refractivity contribution in [2.45, 2.75) is 13.3 Å². The molecule has 0 saturated heterocycles. The molecule has 0 unspecified atom stereocenters. The molecule has 7 heteroatoms. The summed E-state index contributed by atoms with van der Waals surface area (Å²) < 4.78 is 1.54. The van der Waals surface area contributed by atoms with Gasteiger partial charge in [-0.3, -0.25) is 4.79 Å². The van der Waals surface area contributed by atoms with Crippen molar-refractivity contribution in [1.29, 1.82) is 0 Å². The molecule has 0 aliphatic carbocycles. The van der Waals surface area contributed by atoms with E-state index in [1.54, 1.807) is 25.1 Å². The second-order valence-electron chi connectivity index (χ2n) is 5.12. The molecule has 1 amide bonds. The Morgan fingerprint density at radius 2 is 2.00 bits per heavy atom.